The SMILES string of the molecule is CNc1cc(N)cc(OC)c1OC. The number of ether oxygens (including phenoxy) is 2. The Hall–Kier alpha value is -1.58. The van der Waals surface area contributed by atoms with Crippen molar-refractivity contribution < 1.29 is 9.47 Å². The Morgan fingerprint density at radius 3 is 2.38 bits per heavy atom. The van der Waals surface area contributed by atoms with Gasteiger partial charge in [-0.15, -0.1) is 0 Å². The van der Waals surface area contributed by atoms with Crippen LogP contribution in [-0.4, -0.2) is 21.3 Å². The van der Waals surface area contributed by atoms with Gasteiger partial charge in [0.1, 0.15) is 0 Å². The number of anilines is 2. The molecule has 13 heavy (non-hydrogen) atoms. The third kappa shape index (κ3) is 1.77. The van der Waals surface area contributed by atoms with Gasteiger partial charge in [-0.25, -0.2) is 0 Å². The molecule has 0 spiro atoms. The summed E-state index contributed by atoms with van der Waals surface area (Å²) >= 11 is 0. The fourth-order valence-corrected chi connectivity index (χ4v) is 1.17. The normalized spacial score (nSPS) is 9.46. The first-order valence-corrected chi connectivity index (χ1v) is 3.92. The number of nitrogens with one attached hydrogen (secondary N) is 1. The molecule has 0 bridgehead atoms. The predicted octanol–water partition coefficient (Wildman–Crippen LogP) is 1.33. The maximum atomic E-state index is 5.66. The zero-order valence-electron chi connectivity index (χ0n) is 8.05. The van der Waals surface area contributed by atoms with Gasteiger partial charge in [-0.3, -0.25) is 0 Å². The Bertz CT molecular complexity index is 275. The lowest BCUT2D eigenvalue weighted by Gasteiger charge is -2.12. The summed E-state index contributed by atoms with van der Waals surface area (Å²) in [4.78, 5) is 0. The Balaban J connectivity index is 3.25. The van der Waals surface area contributed by atoms with E-state index < -0.39 is 0 Å². The Morgan fingerprint density at radius 1 is 1.23 bits per heavy atom. The first-order valence-electron chi connectivity index (χ1n) is 3.92. The molecule has 0 aliphatic carbocycles. The highest BCUT2D eigenvalue weighted by Crippen LogP contribution is 2.36. The number of rotatable bonds is 3. The molecular formula is C9H14N2O2. The van der Waals surface area contributed by atoms with Crippen molar-refractivity contribution in [2.45, 2.75) is 0 Å². The largest absolute Gasteiger partial charge is 0.493 e. The molecule has 0 radical (unpaired) electrons. The van der Waals surface area contributed by atoms with Crippen LogP contribution in [0.2, 0.25) is 0 Å². The topological polar surface area (TPSA) is 56.5 Å². The highest BCUT2D eigenvalue weighted by Gasteiger charge is 2.09. The summed E-state index contributed by atoms with van der Waals surface area (Å²) in [6.45, 7) is 0. The lowest BCUT2D eigenvalue weighted by Crippen LogP contribution is -1.98. The van der Waals surface area contributed by atoms with Crippen LogP contribution in [-0.2, 0) is 0 Å². The summed E-state index contributed by atoms with van der Waals surface area (Å²) < 4.78 is 10.3. The van der Waals surface area contributed by atoms with Gasteiger partial charge in [-0.05, 0) is 6.07 Å². The molecule has 0 amide bonds. The molecule has 0 unspecified atom stereocenters. The van der Waals surface area contributed by atoms with Crippen molar-refractivity contribution in [3.8, 4) is 11.5 Å². The summed E-state index contributed by atoms with van der Waals surface area (Å²) in [6, 6.07) is 3.51. The second kappa shape index (κ2) is 3.89. The zero-order valence-corrected chi connectivity index (χ0v) is 8.05. The van der Waals surface area contributed by atoms with Crippen LogP contribution in [0.3, 0.4) is 0 Å². The molecule has 1 aromatic rings. The van der Waals surface area contributed by atoms with Crippen LogP contribution < -0.4 is 20.5 Å². The van der Waals surface area contributed by atoms with Crippen molar-refractivity contribution in [2.75, 3.05) is 32.3 Å². The number of nitrogen functional groups attached to an aromatic ring is 1. The second-order valence-electron chi connectivity index (χ2n) is 2.55. The third-order valence-corrected chi connectivity index (χ3v) is 1.77. The van der Waals surface area contributed by atoms with Crippen molar-refractivity contribution in [1.82, 2.24) is 0 Å². The third-order valence-electron chi connectivity index (χ3n) is 1.77. The van der Waals surface area contributed by atoms with E-state index in [1.54, 1.807) is 33.4 Å². The van der Waals surface area contributed by atoms with Crippen molar-refractivity contribution in [1.29, 1.82) is 0 Å². The summed E-state index contributed by atoms with van der Waals surface area (Å²) in [5, 5.41) is 2.98. The van der Waals surface area contributed by atoms with Crippen molar-refractivity contribution >= 4 is 11.4 Å². The first kappa shape index (κ1) is 9.51. The van der Waals surface area contributed by atoms with Crippen LogP contribution in [0.1, 0.15) is 0 Å². The van der Waals surface area contributed by atoms with Crippen LogP contribution in [0, 0.1) is 0 Å². The average molecular weight is 182 g/mol. The Labute approximate surface area is 77.6 Å². The van der Waals surface area contributed by atoms with Gasteiger partial charge in [0.15, 0.2) is 11.5 Å². The Kier molecular flexibility index (Phi) is 2.84. The van der Waals surface area contributed by atoms with Gasteiger partial charge in [0.05, 0.1) is 19.9 Å². The molecule has 0 saturated heterocycles. The molecule has 0 atom stereocenters. The monoisotopic (exact) mass is 182 g/mol. The molecule has 4 nitrogen and oxygen atoms in total. The Morgan fingerprint density at radius 2 is 1.92 bits per heavy atom. The minimum atomic E-state index is 0.631. The van der Waals surface area contributed by atoms with Crippen molar-refractivity contribution in [3.05, 3.63) is 12.1 Å². The lowest BCUT2D eigenvalue weighted by molar-refractivity contribution is 0.356. The average Bonchev–Trinajstić information content (AvgIpc) is 2.16. The number of nitrogens with two attached hydrogens (primary N) is 1. The van der Waals surface area contributed by atoms with Gasteiger partial charge in [-0.1, -0.05) is 0 Å². The molecule has 4 heteroatoms. The van der Waals surface area contributed by atoms with Crippen LogP contribution in [0.25, 0.3) is 0 Å². The molecular weight excluding hydrogens is 168 g/mol. The summed E-state index contributed by atoms with van der Waals surface area (Å²) in [7, 11) is 4.97. The number of benzene rings is 1. The van der Waals surface area contributed by atoms with Crippen LogP contribution in [0.15, 0.2) is 12.1 Å². The molecule has 72 valence electrons. The van der Waals surface area contributed by atoms with Gasteiger partial charge in [0.25, 0.3) is 0 Å². The molecule has 1 rings (SSSR count). The van der Waals surface area contributed by atoms with Gasteiger partial charge in [0.2, 0.25) is 0 Å². The quantitative estimate of drug-likeness (QED) is 0.692. The maximum Gasteiger partial charge on any atom is 0.184 e. The van der Waals surface area contributed by atoms with Gasteiger partial charge < -0.3 is 20.5 Å². The number of methoxy groups -OCH3 is 2. The molecule has 0 aliphatic heterocycles. The lowest BCUT2D eigenvalue weighted by atomic mass is 10.2. The molecule has 0 heterocycles. The number of hydrogen-bond acceptors (Lipinski definition) is 4. The van der Waals surface area contributed by atoms with Crippen LogP contribution in [0.5, 0.6) is 11.5 Å². The molecule has 0 saturated carbocycles. The van der Waals surface area contributed by atoms with E-state index in [0.29, 0.717) is 17.2 Å². The molecule has 1 aromatic carbocycles. The minimum Gasteiger partial charge on any atom is -0.493 e. The van der Waals surface area contributed by atoms with Gasteiger partial charge >= 0.3 is 0 Å². The highest BCUT2D eigenvalue weighted by molar-refractivity contribution is 5.69. The molecule has 0 fully saturated rings. The van der Waals surface area contributed by atoms with Crippen molar-refractivity contribution in [2.24, 2.45) is 0 Å². The summed E-state index contributed by atoms with van der Waals surface area (Å²) in [5.74, 6) is 1.30. The summed E-state index contributed by atoms with van der Waals surface area (Å²) in [5.41, 5.74) is 7.12. The first-order chi connectivity index (χ1) is 6.22. The second-order valence-corrected chi connectivity index (χ2v) is 2.55. The fraction of sp³-hybridized carbons (Fsp3) is 0.333. The molecule has 0 aromatic heterocycles. The molecule has 0 aliphatic rings. The number of hydrogen-bond donors (Lipinski definition) is 2. The maximum absolute atomic E-state index is 5.66. The predicted molar refractivity (Wildman–Crippen MR) is 53.5 cm³/mol. The van der Waals surface area contributed by atoms with E-state index in [9.17, 15) is 0 Å². The highest BCUT2D eigenvalue weighted by atomic mass is 16.5. The van der Waals surface area contributed by atoms with Crippen molar-refractivity contribution in [3.63, 3.8) is 0 Å². The van der Waals surface area contributed by atoms with E-state index in [2.05, 4.69) is 5.32 Å². The van der Waals surface area contributed by atoms with E-state index in [1.807, 2.05) is 0 Å². The van der Waals surface area contributed by atoms with E-state index in [0.717, 1.165) is 5.69 Å². The van der Waals surface area contributed by atoms with Gasteiger partial charge in [0, 0.05) is 18.8 Å². The van der Waals surface area contributed by atoms with Crippen LogP contribution >= 0.6 is 0 Å². The van der Waals surface area contributed by atoms with E-state index in [4.69, 9.17) is 15.2 Å². The van der Waals surface area contributed by atoms with Crippen LogP contribution in [0.4, 0.5) is 11.4 Å². The van der Waals surface area contributed by atoms with Gasteiger partial charge in [-0.2, -0.15) is 0 Å². The van der Waals surface area contributed by atoms with E-state index in [-0.39, 0.29) is 0 Å². The zero-order chi connectivity index (χ0) is 9.84. The smallest absolute Gasteiger partial charge is 0.184 e. The minimum absolute atomic E-state index is 0.631. The fourth-order valence-electron chi connectivity index (χ4n) is 1.17. The van der Waals surface area contributed by atoms with E-state index >= 15 is 0 Å². The summed E-state index contributed by atoms with van der Waals surface area (Å²) in [6.07, 6.45) is 0. The molecule has 3 N–H and O–H groups in total. The standard InChI is InChI=1S/C9H14N2O2/c1-11-7-4-6(10)5-8(12-2)9(7)13-3/h4-5,11H,10H2,1-3H3. The van der Waals surface area contributed by atoms with E-state index in [1.165, 1.54) is 0 Å².